The van der Waals surface area contributed by atoms with E-state index in [1.165, 1.54) is 11.3 Å². The monoisotopic (exact) mass is 344 g/mol. The van der Waals surface area contributed by atoms with E-state index in [-0.39, 0.29) is 5.91 Å². The van der Waals surface area contributed by atoms with Gasteiger partial charge in [-0.2, -0.15) is 0 Å². The molecule has 2 N–H and O–H groups in total. The molecule has 24 heavy (non-hydrogen) atoms. The summed E-state index contributed by atoms with van der Waals surface area (Å²) in [5.74, 6) is -0.419. The van der Waals surface area contributed by atoms with E-state index in [1.807, 2.05) is 19.9 Å². The Morgan fingerprint density at radius 2 is 1.88 bits per heavy atom. The molecule has 0 radical (unpaired) electrons. The van der Waals surface area contributed by atoms with Gasteiger partial charge in [-0.3, -0.25) is 10.1 Å². The van der Waals surface area contributed by atoms with Gasteiger partial charge in [-0.15, -0.1) is 11.3 Å². The Bertz CT molecular complexity index is 812. The molecule has 2 heterocycles. The van der Waals surface area contributed by atoms with Crippen molar-refractivity contribution < 1.29 is 19.1 Å². The van der Waals surface area contributed by atoms with E-state index < -0.39 is 17.5 Å². The number of imide groups is 1. The fourth-order valence-corrected chi connectivity index (χ4v) is 3.40. The molecule has 1 aromatic heterocycles. The molecule has 0 spiro atoms. The van der Waals surface area contributed by atoms with Crippen LogP contribution in [0.5, 0.6) is 5.75 Å². The summed E-state index contributed by atoms with van der Waals surface area (Å²) in [4.78, 5) is 37.2. The van der Waals surface area contributed by atoms with E-state index in [9.17, 15) is 14.4 Å². The smallest absolute Gasteiger partial charge is 0.353 e. The van der Waals surface area contributed by atoms with Crippen molar-refractivity contribution in [1.82, 2.24) is 10.6 Å². The second kappa shape index (κ2) is 6.09. The number of aryl methyl sites for hydroxylation is 1. The van der Waals surface area contributed by atoms with Crippen LogP contribution in [-0.2, 0) is 10.3 Å². The number of hydrogen-bond donors (Lipinski definition) is 2. The van der Waals surface area contributed by atoms with Crippen molar-refractivity contribution in [2.75, 3.05) is 0 Å². The summed E-state index contributed by atoms with van der Waals surface area (Å²) < 4.78 is 5.33. The lowest BCUT2D eigenvalue weighted by atomic mass is 9.87. The van der Waals surface area contributed by atoms with Crippen LogP contribution in [0.1, 0.15) is 33.5 Å². The zero-order valence-electron chi connectivity index (χ0n) is 13.2. The lowest BCUT2D eigenvalue weighted by Crippen LogP contribution is -2.43. The van der Waals surface area contributed by atoms with Crippen LogP contribution in [-0.4, -0.2) is 17.9 Å². The highest BCUT2D eigenvalue weighted by molar-refractivity contribution is 7.13. The number of esters is 1. The molecule has 1 aliphatic rings. The molecule has 3 rings (SSSR count). The summed E-state index contributed by atoms with van der Waals surface area (Å²) in [6, 6.07) is 9.66. The summed E-state index contributed by atoms with van der Waals surface area (Å²) in [6.07, 6.45) is 0.415. The van der Waals surface area contributed by atoms with Gasteiger partial charge in [0.25, 0.3) is 5.91 Å². The summed E-state index contributed by atoms with van der Waals surface area (Å²) >= 11 is 1.37. The number of urea groups is 1. The Morgan fingerprint density at radius 3 is 2.38 bits per heavy atom. The minimum absolute atomic E-state index is 0.380. The van der Waals surface area contributed by atoms with E-state index in [0.29, 0.717) is 22.6 Å². The van der Waals surface area contributed by atoms with Gasteiger partial charge in [-0.25, -0.2) is 9.59 Å². The molecule has 1 saturated heterocycles. The molecule has 1 atom stereocenters. The topological polar surface area (TPSA) is 84.5 Å². The van der Waals surface area contributed by atoms with Gasteiger partial charge in [0.1, 0.15) is 16.2 Å². The van der Waals surface area contributed by atoms with Crippen molar-refractivity contribution in [3.63, 3.8) is 0 Å². The van der Waals surface area contributed by atoms with Gasteiger partial charge < -0.3 is 10.1 Å². The molecule has 1 unspecified atom stereocenters. The maximum absolute atomic E-state index is 12.1. The molecule has 1 fully saturated rings. The molecule has 0 aliphatic carbocycles. The number of benzene rings is 1. The number of rotatable bonds is 4. The number of thiophene rings is 1. The van der Waals surface area contributed by atoms with E-state index >= 15 is 0 Å². The lowest BCUT2D eigenvalue weighted by molar-refractivity contribution is -0.124. The van der Waals surface area contributed by atoms with Crippen LogP contribution in [0, 0.1) is 6.92 Å². The zero-order valence-corrected chi connectivity index (χ0v) is 14.0. The molecule has 7 heteroatoms. The van der Waals surface area contributed by atoms with Crippen molar-refractivity contribution in [1.29, 1.82) is 0 Å². The van der Waals surface area contributed by atoms with Crippen LogP contribution in [0.15, 0.2) is 36.4 Å². The zero-order chi connectivity index (χ0) is 17.3. The van der Waals surface area contributed by atoms with Crippen molar-refractivity contribution in [2.24, 2.45) is 0 Å². The van der Waals surface area contributed by atoms with Crippen LogP contribution in [0.2, 0.25) is 0 Å². The van der Waals surface area contributed by atoms with Crippen LogP contribution in [0.25, 0.3) is 0 Å². The first kappa shape index (κ1) is 16.2. The van der Waals surface area contributed by atoms with Crippen molar-refractivity contribution >= 4 is 29.2 Å². The normalized spacial score (nSPS) is 19.8. The molecule has 0 bridgehead atoms. The SMILES string of the molecule is CCC1(c2ccc(OC(=O)c3ccc(C)s3)cc2)NC(=O)NC1=O. The first-order chi connectivity index (χ1) is 11.4. The largest absolute Gasteiger partial charge is 0.422 e. The summed E-state index contributed by atoms with van der Waals surface area (Å²) in [7, 11) is 0. The molecule has 2 aromatic rings. The minimum atomic E-state index is -1.08. The number of hydrogen-bond acceptors (Lipinski definition) is 5. The third-order valence-corrected chi connectivity index (χ3v) is 4.95. The first-order valence-corrected chi connectivity index (χ1v) is 8.29. The Kier molecular flexibility index (Phi) is 4.11. The van der Waals surface area contributed by atoms with Crippen LogP contribution >= 0.6 is 11.3 Å². The van der Waals surface area contributed by atoms with Gasteiger partial charge >= 0.3 is 12.0 Å². The summed E-state index contributed by atoms with van der Waals surface area (Å²) in [5, 5.41) is 4.92. The Hall–Kier alpha value is -2.67. The third kappa shape index (κ3) is 2.78. The Balaban J connectivity index is 1.79. The average molecular weight is 344 g/mol. The number of nitrogens with one attached hydrogen (secondary N) is 2. The second-order valence-corrected chi connectivity index (χ2v) is 6.78. The fourth-order valence-electron chi connectivity index (χ4n) is 2.66. The van der Waals surface area contributed by atoms with Gasteiger partial charge in [-0.1, -0.05) is 19.1 Å². The molecular weight excluding hydrogens is 328 g/mol. The molecule has 1 aromatic carbocycles. The minimum Gasteiger partial charge on any atom is -0.422 e. The quantitative estimate of drug-likeness (QED) is 0.507. The molecule has 6 nitrogen and oxygen atoms in total. The van der Waals surface area contributed by atoms with Crippen molar-refractivity contribution in [3.05, 3.63) is 51.7 Å². The Labute approximate surface area is 142 Å². The van der Waals surface area contributed by atoms with Gasteiger partial charge in [0.05, 0.1) is 0 Å². The predicted molar refractivity (Wildman–Crippen MR) is 89.1 cm³/mol. The predicted octanol–water partition coefficient (Wildman–Crippen LogP) is 2.72. The molecule has 124 valence electrons. The highest BCUT2D eigenvalue weighted by Gasteiger charge is 2.46. The van der Waals surface area contributed by atoms with E-state index in [0.717, 1.165) is 4.88 Å². The summed E-state index contributed by atoms with van der Waals surface area (Å²) in [6.45, 7) is 3.74. The van der Waals surface area contributed by atoms with Crippen LogP contribution in [0.3, 0.4) is 0 Å². The number of carbonyl (C=O) groups is 3. The van der Waals surface area contributed by atoms with E-state index in [4.69, 9.17) is 4.74 Å². The van der Waals surface area contributed by atoms with Crippen LogP contribution < -0.4 is 15.4 Å². The fraction of sp³-hybridized carbons (Fsp3) is 0.235. The standard InChI is InChI=1S/C17H16N2O4S/c1-3-17(15(21)18-16(22)19-17)11-5-7-12(8-6-11)23-14(20)13-9-4-10(2)24-13/h4-9H,3H2,1-2H3,(H2,18,19,21,22). The van der Waals surface area contributed by atoms with Gasteiger partial charge in [0.15, 0.2) is 0 Å². The molecule has 1 aliphatic heterocycles. The van der Waals surface area contributed by atoms with E-state index in [1.54, 1.807) is 30.3 Å². The lowest BCUT2D eigenvalue weighted by Gasteiger charge is -2.24. The maximum atomic E-state index is 12.1. The van der Waals surface area contributed by atoms with E-state index in [2.05, 4.69) is 10.6 Å². The van der Waals surface area contributed by atoms with Gasteiger partial charge in [-0.05, 0) is 43.2 Å². The third-order valence-electron chi connectivity index (χ3n) is 3.97. The summed E-state index contributed by atoms with van der Waals surface area (Å²) in [5.41, 5.74) is -0.440. The second-order valence-electron chi connectivity index (χ2n) is 5.49. The van der Waals surface area contributed by atoms with Crippen molar-refractivity contribution in [2.45, 2.75) is 25.8 Å². The molecule has 3 amide bonds. The van der Waals surface area contributed by atoms with Gasteiger partial charge in [0.2, 0.25) is 0 Å². The highest BCUT2D eigenvalue weighted by atomic mass is 32.1. The highest BCUT2D eigenvalue weighted by Crippen LogP contribution is 2.30. The van der Waals surface area contributed by atoms with Gasteiger partial charge in [0, 0.05) is 4.88 Å². The molecular formula is C17H16N2O4S. The maximum Gasteiger partial charge on any atom is 0.353 e. The Morgan fingerprint density at radius 1 is 1.17 bits per heavy atom. The molecule has 0 saturated carbocycles. The average Bonchev–Trinajstić information content (AvgIpc) is 3.11. The first-order valence-electron chi connectivity index (χ1n) is 7.47. The number of ether oxygens (including phenoxy) is 1. The van der Waals surface area contributed by atoms with Crippen LogP contribution in [0.4, 0.5) is 4.79 Å². The van der Waals surface area contributed by atoms with Crippen molar-refractivity contribution in [3.8, 4) is 5.75 Å². The number of amides is 3. The number of carbonyl (C=O) groups excluding carboxylic acids is 3.